The molecule has 0 radical (unpaired) electrons. The van der Waals surface area contributed by atoms with Crippen LogP contribution < -0.4 is 10.1 Å². The van der Waals surface area contributed by atoms with Crippen molar-refractivity contribution in [3.05, 3.63) is 71.1 Å². The minimum absolute atomic E-state index is 0.144. The predicted molar refractivity (Wildman–Crippen MR) is 90.5 cm³/mol. The Morgan fingerprint density at radius 3 is 2.75 bits per heavy atom. The van der Waals surface area contributed by atoms with Crippen LogP contribution in [0.25, 0.3) is 10.9 Å². The summed E-state index contributed by atoms with van der Waals surface area (Å²) in [6, 6.07) is 13.0. The summed E-state index contributed by atoms with van der Waals surface area (Å²) in [4.78, 5) is 16.1. The van der Waals surface area contributed by atoms with Crippen LogP contribution in [0, 0.1) is 5.82 Å². The van der Waals surface area contributed by atoms with Gasteiger partial charge in [-0.15, -0.1) is 0 Å². The van der Waals surface area contributed by atoms with E-state index >= 15 is 0 Å². The van der Waals surface area contributed by atoms with E-state index in [9.17, 15) is 9.18 Å². The zero-order chi connectivity index (χ0) is 16.9. The summed E-state index contributed by atoms with van der Waals surface area (Å²) in [5, 5.41) is 4.06. The van der Waals surface area contributed by atoms with Gasteiger partial charge in [-0.1, -0.05) is 23.7 Å². The van der Waals surface area contributed by atoms with Crippen molar-refractivity contribution >= 4 is 28.4 Å². The summed E-state index contributed by atoms with van der Waals surface area (Å²) in [5.74, 6) is -0.0965. The van der Waals surface area contributed by atoms with Crippen molar-refractivity contribution in [1.82, 2.24) is 10.3 Å². The number of benzene rings is 2. The van der Waals surface area contributed by atoms with Gasteiger partial charge >= 0.3 is 0 Å². The molecule has 0 atom stereocenters. The fourth-order valence-corrected chi connectivity index (χ4v) is 2.44. The highest BCUT2D eigenvalue weighted by molar-refractivity contribution is 6.35. The zero-order valence-electron chi connectivity index (χ0n) is 12.6. The number of amides is 1. The van der Waals surface area contributed by atoms with Gasteiger partial charge in [-0.05, 0) is 42.0 Å². The van der Waals surface area contributed by atoms with E-state index < -0.39 is 0 Å². The summed E-state index contributed by atoms with van der Waals surface area (Å²) >= 11 is 6.12. The van der Waals surface area contributed by atoms with Gasteiger partial charge in [-0.2, -0.15) is 0 Å². The molecular weight excluding hydrogens is 331 g/mol. The van der Waals surface area contributed by atoms with Gasteiger partial charge in [-0.25, -0.2) is 4.39 Å². The van der Waals surface area contributed by atoms with Crippen LogP contribution in [0.2, 0.25) is 5.02 Å². The molecule has 24 heavy (non-hydrogen) atoms. The highest BCUT2D eigenvalue weighted by atomic mass is 35.5. The molecule has 1 aromatic heterocycles. The molecule has 0 bridgehead atoms. The topological polar surface area (TPSA) is 51.2 Å². The monoisotopic (exact) mass is 344 g/mol. The molecule has 0 spiro atoms. The molecule has 3 aromatic rings. The summed E-state index contributed by atoms with van der Waals surface area (Å²) in [5.41, 5.74) is 1.42. The van der Waals surface area contributed by atoms with Crippen LogP contribution >= 0.6 is 11.6 Å². The molecule has 1 amide bonds. The number of rotatable bonds is 5. The Morgan fingerprint density at radius 1 is 1.17 bits per heavy atom. The lowest BCUT2D eigenvalue weighted by Crippen LogP contribution is -2.28. The molecule has 0 saturated carbocycles. The largest absolute Gasteiger partial charge is 0.481 e. The number of fused-ring (bicyclic) bond motifs is 1. The van der Waals surface area contributed by atoms with Gasteiger partial charge in [-0.3, -0.25) is 9.78 Å². The normalized spacial score (nSPS) is 10.6. The lowest BCUT2D eigenvalue weighted by molar-refractivity contribution is -0.123. The van der Waals surface area contributed by atoms with E-state index in [0.717, 1.165) is 10.9 Å². The van der Waals surface area contributed by atoms with E-state index in [1.807, 2.05) is 6.07 Å². The number of aromatic nitrogens is 1. The van der Waals surface area contributed by atoms with Crippen LogP contribution in [-0.2, 0) is 11.3 Å². The number of ether oxygens (including phenoxy) is 1. The summed E-state index contributed by atoms with van der Waals surface area (Å²) in [7, 11) is 0. The van der Waals surface area contributed by atoms with Crippen molar-refractivity contribution in [3.8, 4) is 5.75 Å². The van der Waals surface area contributed by atoms with Crippen molar-refractivity contribution in [1.29, 1.82) is 0 Å². The Hall–Kier alpha value is -2.66. The Bertz CT molecular complexity index is 869. The van der Waals surface area contributed by atoms with Crippen molar-refractivity contribution in [3.63, 3.8) is 0 Å². The first kappa shape index (κ1) is 16.2. The highest BCUT2D eigenvalue weighted by Gasteiger charge is 2.09. The van der Waals surface area contributed by atoms with Crippen LogP contribution in [-0.4, -0.2) is 17.5 Å². The minimum atomic E-state index is -0.310. The molecule has 0 aliphatic carbocycles. The number of halogens is 2. The van der Waals surface area contributed by atoms with Crippen molar-refractivity contribution in [2.75, 3.05) is 6.61 Å². The second-order valence-electron chi connectivity index (χ2n) is 5.14. The average molecular weight is 345 g/mol. The summed E-state index contributed by atoms with van der Waals surface area (Å²) < 4.78 is 18.4. The zero-order valence-corrected chi connectivity index (χ0v) is 13.4. The van der Waals surface area contributed by atoms with E-state index in [4.69, 9.17) is 16.3 Å². The smallest absolute Gasteiger partial charge is 0.258 e. The maximum absolute atomic E-state index is 12.8. The summed E-state index contributed by atoms with van der Waals surface area (Å²) in [6.45, 7) is 0.163. The van der Waals surface area contributed by atoms with Gasteiger partial charge in [0, 0.05) is 18.1 Å². The fraction of sp³-hybridized carbons (Fsp3) is 0.111. The molecule has 122 valence electrons. The molecule has 2 aromatic carbocycles. The second-order valence-corrected chi connectivity index (χ2v) is 5.54. The standard InChI is InChI=1S/C18H14ClFN2O2/c19-15-7-8-16(18-14(15)2-1-9-21-18)24-11-17(23)22-10-12-3-5-13(20)6-4-12/h1-9H,10-11H2,(H,22,23). The van der Waals surface area contributed by atoms with Gasteiger partial charge < -0.3 is 10.1 Å². The number of carbonyl (C=O) groups is 1. The Labute approximate surface area is 143 Å². The maximum Gasteiger partial charge on any atom is 0.258 e. The average Bonchev–Trinajstić information content (AvgIpc) is 2.61. The first-order valence-corrected chi connectivity index (χ1v) is 7.68. The van der Waals surface area contributed by atoms with E-state index in [1.165, 1.54) is 12.1 Å². The molecule has 0 fully saturated rings. The number of hydrogen-bond donors (Lipinski definition) is 1. The fourth-order valence-electron chi connectivity index (χ4n) is 2.23. The van der Waals surface area contributed by atoms with Gasteiger partial charge in [0.15, 0.2) is 6.61 Å². The van der Waals surface area contributed by atoms with Crippen molar-refractivity contribution in [2.45, 2.75) is 6.54 Å². The molecule has 4 nitrogen and oxygen atoms in total. The predicted octanol–water partition coefficient (Wildman–Crippen LogP) is 3.72. The second kappa shape index (κ2) is 7.27. The van der Waals surface area contributed by atoms with Gasteiger partial charge in [0.05, 0.1) is 5.02 Å². The third-order valence-electron chi connectivity index (χ3n) is 3.44. The van der Waals surface area contributed by atoms with E-state index in [2.05, 4.69) is 10.3 Å². The Kier molecular flexibility index (Phi) is 4.91. The molecule has 1 heterocycles. The van der Waals surface area contributed by atoms with Crippen LogP contribution in [0.3, 0.4) is 0 Å². The van der Waals surface area contributed by atoms with E-state index in [1.54, 1.807) is 36.5 Å². The van der Waals surface area contributed by atoms with Crippen LogP contribution in [0.4, 0.5) is 4.39 Å². The number of pyridine rings is 1. The molecule has 0 saturated heterocycles. The van der Waals surface area contributed by atoms with E-state index in [0.29, 0.717) is 22.8 Å². The molecule has 1 N–H and O–H groups in total. The minimum Gasteiger partial charge on any atom is -0.481 e. The summed E-state index contributed by atoms with van der Waals surface area (Å²) in [6.07, 6.45) is 1.64. The molecule has 0 unspecified atom stereocenters. The van der Waals surface area contributed by atoms with Crippen LogP contribution in [0.5, 0.6) is 5.75 Å². The third-order valence-corrected chi connectivity index (χ3v) is 3.77. The number of carbonyl (C=O) groups excluding carboxylic acids is 1. The third kappa shape index (κ3) is 3.81. The molecular formula is C18H14ClFN2O2. The van der Waals surface area contributed by atoms with Gasteiger partial charge in [0.1, 0.15) is 17.1 Å². The molecule has 6 heteroatoms. The molecule has 0 aliphatic rings. The number of nitrogens with one attached hydrogen (secondary N) is 1. The lowest BCUT2D eigenvalue weighted by atomic mass is 10.2. The van der Waals surface area contributed by atoms with Gasteiger partial charge in [0.25, 0.3) is 5.91 Å². The van der Waals surface area contributed by atoms with Crippen LogP contribution in [0.1, 0.15) is 5.56 Å². The SMILES string of the molecule is O=C(COc1ccc(Cl)c2cccnc12)NCc1ccc(F)cc1. The maximum atomic E-state index is 12.8. The lowest BCUT2D eigenvalue weighted by Gasteiger charge is -2.10. The Morgan fingerprint density at radius 2 is 1.96 bits per heavy atom. The number of hydrogen-bond acceptors (Lipinski definition) is 3. The first-order chi connectivity index (χ1) is 11.6. The van der Waals surface area contributed by atoms with Gasteiger partial charge in [0.2, 0.25) is 0 Å². The quantitative estimate of drug-likeness (QED) is 0.767. The molecule has 0 aliphatic heterocycles. The first-order valence-electron chi connectivity index (χ1n) is 7.30. The molecule has 3 rings (SSSR count). The van der Waals surface area contributed by atoms with Crippen LogP contribution in [0.15, 0.2) is 54.7 Å². The van der Waals surface area contributed by atoms with E-state index in [-0.39, 0.29) is 18.3 Å². The number of nitrogens with zero attached hydrogens (tertiary/aromatic N) is 1. The van der Waals surface area contributed by atoms with Crippen molar-refractivity contribution < 1.29 is 13.9 Å². The Balaban J connectivity index is 1.60. The highest BCUT2D eigenvalue weighted by Crippen LogP contribution is 2.29. The van der Waals surface area contributed by atoms with Crippen molar-refractivity contribution in [2.24, 2.45) is 0 Å².